The van der Waals surface area contributed by atoms with Crippen LogP contribution in [0.15, 0.2) is 6.20 Å². The molecule has 1 aromatic heterocycles. The number of esters is 1. The monoisotopic (exact) mass is 269 g/mol. The standard InChI is InChI=1S/C12H19N3O4/c1-5-19-11(18)12(8(2)3,10(16)17)6-9-7-15(4)14-13-9/h7-8H,5-6H2,1-4H3,(H,16,17). The number of hydrogen-bond donors (Lipinski definition) is 1. The fraction of sp³-hybridized carbons (Fsp3) is 0.667. The molecule has 19 heavy (non-hydrogen) atoms. The molecule has 0 aliphatic heterocycles. The zero-order valence-corrected chi connectivity index (χ0v) is 11.6. The van der Waals surface area contributed by atoms with Crippen molar-refractivity contribution in [3.05, 3.63) is 11.9 Å². The first kappa shape index (κ1) is 15.1. The Balaban J connectivity index is 3.16. The maximum atomic E-state index is 12.1. The van der Waals surface area contributed by atoms with E-state index in [0.29, 0.717) is 5.69 Å². The molecule has 1 atom stereocenters. The lowest BCUT2D eigenvalue weighted by atomic mass is 9.73. The van der Waals surface area contributed by atoms with Crippen molar-refractivity contribution in [1.29, 1.82) is 0 Å². The van der Waals surface area contributed by atoms with Crippen LogP contribution in [0.5, 0.6) is 0 Å². The number of carboxylic acid groups (broad SMARTS) is 1. The molecule has 0 bridgehead atoms. The fourth-order valence-corrected chi connectivity index (χ4v) is 1.94. The molecule has 1 aromatic rings. The molecule has 1 N–H and O–H groups in total. The van der Waals surface area contributed by atoms with Gasteiger partial charge in [0.2, 0.25) is 0 Å². The van der Waals surface area contributed by atoms with Crippen molar-refractivity contribution >= 4 is 11.9 Å². The highest BCUT2D eigenvalue weighted by Crippen LogP contribution is 2.33. The van der Waals surface area contributed by atoms with E-state index in [-0.39, 0.29) is 13.0 Å². The molecule has 106 valence electrons. The number of carbonyl (C=O) groups is 2. The fourth-order valence-electron chi connectivity index (χ4n) is 1.94. The van der Waals surface area contributed by atoms with Gasteiger partial charge in [-0.15, -0.1) is 5.10 Å². The number of ether oxygens (including phenoxy) is 1. The molecule has 0 aromatic carbocycles. The molecule has 0 amide bonds. The van der Waals surface area contributed by atoms with E-state index < -0.39 is 23.3 Å². The first-order valence-electron chi connectivity index (χ1n) is 6.10. The van der Waals surface area contributed by atoms with E-state index in [4.69, 9.17) is 4.74 Å². The lowest BCUT2D eigenvalue weighted by Crippen LogP contribution is -2.47. The average molecular weight is 269 g/mol. The van der Waals surface area contributed by atoms with E-state index in [2.05, 4.69) is 10.3 Å². The van der Waals surface area contributed by atoms with E-state index in [0.717, 1.165) is 0 Å². The van der Waals surface area contributed by atoms with Crippen molar-refractivity contribution in [2.75, 3.05) is 6.61 Å². The summed E-state index contributed by atoms with van der Waals surface area (Å²) in [5.41, 5.74) is -1.18. The number of rotatable bonds is 6. The van der Waals surface area contributed by atoms with Gasteiger partial charge in [-0.1, -0.05) is 19.1 Å². The number of aliphatic carboxylic acids is 1. The molecule has 0 spiro atoms. The predicted molar refractivity (Wildman–Crippen MR) is 66.2 cm³/mol. The van der Waals surface area contributed by atoms with Crippen LogP contribution in [0.3, 0.4) is 0 Å². The molecule has 0 radical (unpaired) electrons. The second kappa shape index (κ2) is 5.81. The molecular formula is C12H19N3O4. The minimum atomic E-state index is -1.63. The topological polar surface area (TPSA) is 94.3 Å². The van der Waals surface area contributed by atoms with Crippen molar-refractivity contribution in [1.82, 2.24) is 15.0 Å². The van der Waals surface area contributed by atoms with Crippen LogP contribution in [0, 0.1) is 11.3 Å². The molecule has 0 fully saturated rings. The Kier molecular flexibility index (Phi) is 4.63. The highest BCUT2D eigenvalue weighted by Gasteiger charge is 2.51. The number of aromatic nitrogens is 3. The van der Waals surface area contributed by atoms with E-state index in [1.165, 1.54) is 4.68 Å². The second-order valence-corrected chi connectivity index (χ2v) is 4.71. The van der Waals surface area contributed by atoms with Crippen molar-refractivity contribution in [2.24, 2.45) is 18.4 Å². The highest BCUT2D eigenvalue weighted by atomic mass is 16.5. The molecule has 7 nitrogen and oxygen atoms in total. The lowest BCUT2D eigenvalue weighted by Gasteiger charge is -2.29. The number of carboxylic acids is 1. The normalized spacial score (nSPS) is 14.2. The van der Waals surface area contributed by atoms with Crippen LogP contribution in [-0.2, 0) is 27.8 Å². The number of hydrogen-bond acceptors (Lipinski definition) is 5. The van der Waals surface area contributed by atoms with Crippen LogP contribution >= 0.6 is 0 Å². The highest BCUT2D eigenvalue weighted by molar-refractivity contribution is 5.99. The smallest absolute Gasteiger partial charge is 0.324 e. The van der Waals surface area contributed by atoms with Crippen molar-refractivity contribution in [3.63, 3.8) is 0 Å². The lowest BCUT2D eigenvalue weighted by molar-refractivity contribution is -0.172. The first-order valence-corrected chi connectivity index (χ1v) is 6.10. The van der Waals surface area contributed by atoms with Crippen LogP contribution < -0.4 is 0 Å². The Labute approximate surface area is 111 Å². The Hall–Kier alpha value is -1.92. The average Bonchev–Trinajstić information content (AvgIpc) is 2.70. The van der Waals surface area contributed by atoms with Crippen molar-refractivity contribution in [2.45, 2.75) is 27.2 Å². The van der Waals surface area contributed by atoms with Gasteiger partial charge in [0.05, 0.1) is 12.3 Å². The Morgan fingerprint density at radius 3 is 2.53 bits per heavy atom. The van der Waals surface area contributed by atoms with Crippen molar-refractivity contribution in [3.8, 4) is 0 Å². The maximum Gasteiger partial charge on any atom is 0.324 e. The molecular weight excluding hydrogens is 250 g/mol. The van der Waals surface area contributed by atoms with E-state index >= 15 is 0 Å². The molecule has 7 heteroatoms. The van der Waals surface area contributed by atoms with Gasteiger partial charge in [0, 0.05) is 19.7 Å². The van der Waals surface area contributed by atoms with Gasteiger partial charge < -0.3 is 9.84 Å². The Bertz CT molecular complexity index is 469. The summed E-state index contributed by atoms with van der Waals surface area (Å²) in [4.78, 5) is 23.7. The Morgan fingerprint density at radius 1 is 1.53 bits per heavy atom. The largest absolute Gasteiger partial charge is 0.480 e. The van der Waals surface area contributed by atoms with E-state index in [1.54, 1.807) is 34.0 Å². The third-order valence-corrected chi connectivity index (χ3v) is 3.12. The summed E-state index contributed by atoms with van der Waals surface area (Å²) in [6, 6.07) is 0. The van der Waals surface area contributed by atoms with Gasteiger partial charge >= 0.3 is 11.9 Å². The Morgan fingerprint density at radius 2 is 2.16 bits per heavy atom. The maximum absolute atomic E-state index is 12.1. The second-order valence-electron chi connectivity index (χ2n) is 4.71. The summed E-state index contributed by atoms with van der Waals surface area (Å²) in [5.74, 6) is -2.36. The van der Waals surface area contributed by atoms with Gasteiger partial charge in [-0.25, -0.2) is 0 Å². The van der Waals surface area contributed by atoms with Crippen LogP contribution in [0.4, 0.5) is 0 Å². The summed E-state index contributed by atoms with van der Waals surface area (Å²) in [7, 11) is 1.68. The SMILES string of the molecule is CCOC(=O)C(Cc1cn(C)nn1)(C(=O)O)C(C)C. The molecule has 1 rings (SSSR count). The van der Waals surface area contributed by atoms with Crippen LogP contribution in [0.25, 0.3) is 0 Å². The van der Waals surface area contributed by atoms with Gasteiger partial charge in [0.1, 0.15) is 0 Å². The number of nitrogens with zero attached hydrogens (tertiary/aromatic N) is 3. The molecule has 0 saturated heterocycles. The van der Waals surface area contributed by atoms with Gasteiger partial charge in [-0.05, 0) is 12.8 Å². The van der Waals surface area contributed by atoms with Crippen molar-refractivity contribution < 1.29 is 19.4 Å². The third-order valence-electron chi connectivity index (χ3n) is 3.12. The zero-order valence-electron chi connectivity index (χ0n) is 11.6. The van der Waals surface area contributed by atoms with E-state index in [9.17, 15) is 14.7 Å². The minimum absolute atomic E-state index is 0.0350. The minimum Gasteiger partial charge on any atom is -0.480 e. The third kappa shape index (κ3) is 2.91. The molecule has 0 aliphatic rings. The summed E-state index contributed by atoms with van der Waals surface area (Å²) in [6.45, 7) is 5.15. The molecule has 1 heterocycles. The van der Waals surface area contributed by atoms with Gasteiger partial charge in [0.25, 0.3) is 0 Å². The van der Waals surface area contributed by atoms with Gasteiger partial charge in [-0.2, -0.15) is 0 Å². The predicted octanol–water partition coefficient (Wildman–Crippen LogP) is 0.648. The summed E-state index contributed by atoms with van der Waals surface area (Å²) in [6.07, 6.45) is 1.56. The number of aryl methyl sites for hydroxylation is 1. The molecule has 0 saturated carbocycles. The first-order chi connectivity index (χ1) is 8.84. The summed E-state index contributed by atoms with van der Waals surface area (Å²) < 4.78 is 6.40. The van der Waals surface area contributed by atoms with Gasteiger partial charge in [-0.3, -0.25) is 14.3 Å². The van der Waals surface area contributed by atoms with Crippen LogP contribution in [-0.4, -0.2) is 38.6 Å². The van der Waals surface area contributed by atoms with Crippen LogP contribution in [0.1, 0.15) is 26.5 Å². The molecule has 1 unspecified atom stereocenters. The van der Waals surface area contributed by atoms with Gasteiger partial charge in [0.15, 0.2) is 5.41 Å². The number of carbonyl (C=O) groups excluding carboxylic acids is 1. The van der Waals surface area contributed by atoms with E-state index in [1.807, 2.05) is 0 Å². The zero-order chi connectivity index (χ0) is 14.6. The van der Waals surface area contributed by atoms with Crippen LogP contribution in [0.2, 0.25) is 0 Å². The molecule has 0 aliphatic carbocycles. The summed E-state index contributed by atoms with van der Waals surface area (Å²) >= 11 is 0. The quantitative estimate of drug-likeness (QED) is 0.602. The summed E-state index contributed by atoms with van der Waals surface area (Å²) in [5, 5.41) is 17.1.